The largest absolute Gasteiger partial charge is 0.469 e. The normalized spacial score (nSPS) is 12.3. The molecule has 1 atom stereocenters. The number of hydrogen-bond donors (Lipinski definition) is 1. The minimum absolute atomic E-state index is 0.0760. The van der Waals surface area contributed by atoms with Gasteiger partial charge in [-0.15, -0.1) is 0 Å². The Kier molecular flexibility index (Phi) is 19.9. The summed E-state index contributed by atoms with van der Waals surface area (Å²) in [5, 5.41) is 0.800. The first-order valence-corrected chi connectivity index (χ1v) is 11.7. The molecular formula is C21H43NO2S. The monoisotopic (exact) mass is 373 g/mol. The standard InChI is InChI=1S/C21H43NO2S/c1-3-4-5-6-7-9-12-15-20(25-19-18-22)16-13-10-8-11-14-17-21(23)24-2/h20H,3-19,22H2,1-2H3. The molecule has 0 aliphatic heterocycles. The molecule has 0 aliphatic carbocycles. The lowest BCUT2D eigenvalue weighted by molar-refractivity contribution is -0.140. The summed E-state index contributed by atoms with van der Waals surface area (Å²) in [4.78, 5) is 11.1. The Morgan fingerprint density at radius 1 is 0.880 bits per heavy atom. The fourth-order valence-corrected chi connectivity index (χ4v) is 4.28. The smallest absolute Gasteiger partial charge is 0.305 e. The molecule has 0 heterocycles. The molecule has 0 aromatic rings. The van der Waals surface area contributed by atoms with Crippen molar-refractivity contribution in [3.8, 4) is 0 Å². The first-order valence-electron chi connectivity index (χ1n) is 10.6. The summed E-state index contributed by atoms with van der Waals surface area (Å²) in [6.07, 6.45) is 19.0. The van der Waals surface area contributed by atoms with Crippen molar-refractivity contribution in [2.24, 2.45) is 5.73 Å². The number of carbonyl (C=O) groups is 1. The van der Waals surface area contributed by atoms with Crippen LogP contribution in [0.4, 0.5) is 0 Å². The minimum Gasteiger partial charge on any atom is -0.469 e. The van der Waals surface area contributed by atoms with Crippen molar-refractivity contribution in [2.75, 3.05) is 19.4 Å². The summed E-state index contributed by atoms with van der Waals surface area (Å²) in [5.41, 5.74) is 5.69. The van der Waals surface area contributed by atoms with Crippen molar-refractivity contribution in [3.63, 3.8) is 0 Å². The molecule has 0 rings (SSSR count). The quantitative estimate of drug-likeness (QED) is 0.220. The molecule has 0 amide bonds. The molecular weight excluding hydrogens is 330 g/mol. The van der Waals surface area contributed by atoms with Gasteiger partial charge in [0.05, 0.1) is 7.11 Å². The number of hydrogen-bond acceptors (Lipinski definition) is 4. The second-order valence-electron chi connectivity index (χ2n) is 7.07. The first-order chi connectivity index (χ1) is 12.2. The highest BCUT2D eigenvalue weighted by molar-refractivity contribution is 7.99. The van der Waals surface area contributed by atoms with Gasteiger partial charge in [0.2, 0.25) is 0 Å². The number of carbonyl (C=O) groups excluding carboxylic acids is 1. The van der Waals surface area contributed by atoms with Crippen LogP contribution in [-0.2, 0) is 9.53 Å². The van der Waals surface area contributed by atoms with Crippen molar-refractivity contribution in [1.82, 2.24) is 0 Å². The van der Waals surface area contributed by atoms with E-state index < -0.39 is 0 Å². The molecule has 0 bridgehead atoms. The molecule has 0 radical (unpaired) electrons. The summed E-state index contributed by atoms with van der Waals surface area (Å²) < 4.78 is 4.67. The third-order valence-corrected chi connectivity index (χ3v) is 6.15. The maximum atomic E-state index is 11.1. The van der Waals surface area contributed by atoms with Gasteiger partial charge in [-0.05, 0) is 19.3 Å². The van der Waals surface area contributed by atoms with E-state index in [9.17, 15) is 4.79 Å². The number of rotatable bonds is 19. The topological polar surface area (TPSA) is 52.3 Å². The Bertz CT molecular complexity index is 287. The van der Waals surface area contributed by atoms with Gasteiger partial charge in [0, 0.05) is 24.0 Å². The van der Waals surface area contributed by atoms with Crippen molar-refractivity contribution >= 4 is 17.7 Å². The number of thioether (sulfide) groups is 1. The van der Waals surface area contributed by atoms with Gasteiger partial charge in [-0.2, -0.15) is 11.8 Å². The molecule has 0 aromatic carbocycles. The number of esters is 1. The predicted molar refractivity (Wildman–Crippen MR) is 112 cm³/mol. The Morgan fingerprint density at radius 3 is 1.92 bits per heavy atom. The Labute approximate surface area is 161 Å². The molecule has 2 N–H and O–H groups in total. The van der Waals surface area contributed by atoms with Gasteiger partial charge in [-0.25, -0.2) is 0 Å². The zero-order chi connectivity index (χ0) is 18.6. The second-order valence-corrected chi connectivity index (χ2v) is 8.48. The van der Waals surface area contributed by atoms with E-state index in [1.54, 1.807) is 0 Å². The van der Waals surface area contributed by atoms with Gasteiger partial charge in [0.25, 0.3) is 0 Å². The lowest BCUT2D eigenvalue weighted by Crippen LogP contribution is -2.09. The number of ether oxygens (including phenoxy) is 1. The Balaban J connectivity index is 3.61. The first kappa shape index (κ1) is 24.8. The van der Waals surface area contributed by atoms with Crippen LogP contribution in [-0.4, -0.2) is 30.6 Å². The van der Waals surface area contributed by atoms with E-state index >= 15 is 0 Å². The Morgan fingerprint density at radius 2 is 1.40 bits per heavy atom. The highest BCUT2D eigenvalue weighted by atomic mass is 32.2. The number of unbranched alkanes of at least 4 members (excludes halogenated alkanes) is 10. The van der Waals surface area contributed by atoms with E-state index in [1.165, 1.54) is 84.2 Å². The minimum atomic E-state index is -0.0760. The van der Waals surface area contributed by atoms with E-state index in [1.807, 2.05) is 0 Å². The fourth-order valence-electron chi connectivity index (χ4n) is 3.15. The molecule has 25 heavy (non-hydrogen) atoms. The SMILES string of the molecule is CCCCCCCCCC(CCCCCCCC(=O)OC)SCCN. The van der Waals surface area contributed by atoms with Crippen LogP contribution in [0, 0.1) is 0 Å². The molecule has 0 aromatic heterocycles. The van der Waals surface area contributed by atoms with E-state index in [0.717, 1.165) is 30.4 Å². The van der Waals surface area contributed by atoms with Gasteiger partial charge in [0.15, 0.2) is 0 Å². The van der Waals surface area contributed by atoms with Crippen LogP contribution >= 0.6 is 11.8 Å². The van der Waals surface area contributed by atoms with Crippen LogP contribution in [0.15, 0.2) is 0 Å². The third kappa shape index (κ3) is 18.4. The van der Waals surface area contributed by atoms with Gasteiger partial charge < -0.3 is 10.5 Å². The molecule has 1 unspecified atom stereocenters. The van der Waals surface area contributed by atoms with Crippen molar-refractivity contribution in [3.05, 3.63) is 0 Å². The average Bonchev–Trinajstić information content (AvgIpc) is 2.63. The lowest BCUT2D eigenvalue weighted by Gasteiger charge is -2.16. The zero-order valence-corrected chi connectivity index (χ0v) is 17.7. The summed E-state index contributed by atoms with van der Waals surface area (Å²) in [7, 11) is 1.46. The van der Waals surface area contributed by atoms with Crippen LogP contribution in [0.2, 0.25) is 0 Å². The summed E-state index contributed by atoms with van der Waals surface area (Å²) >= 11 is 2.08. The third-order valence-electron chi connectivity index (χ3n) is 4.74. The molecule has 0 saturated carbocycles. The second kappa shape index (κ2) is 20.1. The van der Waals surface area contributed by atoms with Crippen molar-refractivity contribution in [1.29, 1.82) is 0 Å². The Hall–Kier alpha value is -0.220. The van der Waals surface area contributed by atoms with Gasteiger partial charge in [-0.1, -0.05) is 77.6 Å². The van der Waals surface area contributed by atoms with Crippen LogP contribution in [0.25, 0.3) is 0 Å². The zero-order valence-electron chi connectivity index (χ0n) is 16.9. The van der Waals surface area contributed by atoms with Crippen molar-refractivity contribution in [2.45, 2.75) is 108 Å². The highest BCUT2D eigenvalue weighted by Gasteiger charge is 2.08. The number of methoxy groups -OCH3 is 1. The van der Waals surface area contributed by atoms with Gasteiger partial charge in [0.1, 0.15) is 0 Å². The van der Waals surface area contributed by atoms with E-state index in [4.69, 9.17) is 5.73 Å². The van der Waals surface area contributed by atoms with E-state index in [-0.39, 0.29) is 5.97 Å². The van der Waals surface area contributed by atoms with Crippen LogP contribution in [0.3, 0.4) is 0 Å². The molecule has 0 spiro atoms. The van der Waals surface area contributed by atoms with E-state index in [0.29, 0.717) is 6.42 Å². The maximum Gasteiger partial charge on any atom is 0.305 e. The maximum absolute atomic E-state index is 11.1. The van der Waals surface area contributed by atoms with Crippen molar-refractivity contribution < 1.29 is 9.53 Å². The molecule has 0 aliphatic rings. The van der Waals surface area contributed by atoms with Crippen LogP contribution < -0.4 is 5.73 Å². The predicted octanol–water partition coefficient (Wildman–Crippen LogP) is 6.09. The molecule has 3 nitrogen and oxygen atoms in total. The molecule has 0 fully saturated rings. The van der Waals surface area contributed by atoms with Gasteiger partial charge in [-0.3, -0.25) is 4.79 Å². The fraction of sp³-hybridized carbons (Fsp3) is 0.952. The highest BCUT2D eigenvalue weighted by Crippen LogP contribution is 2.24. The molecule has 0 saturated heterocycles. The molecule has 4 heteroatoms. The summed E-state index contributed by atoms with van der Waals surface area (Å²) in [5.74, 6) is 1.02. The summed E-state index contributed by atoms with van der Waals surface area (Å²) in [6.45, 7) is 3.07. The number of nitrogens with two attached hydrogens (primary N) is 1. The van der Waals surface area contributed by atoms with Crippen LogP contribution in [0.5, 0.6) is 0 Å². The van der Waals surface area contributed by atoms with E-state index in [2.05, 4.69) is 23.4 Å². The lowest BCUT2D eigenvalue weighted by atomic mass is 10.0. The summed E-state index contributed by atoms with van der Waals surface area (Å²) in [6, 6.07) is 0. The van der Waals surface area contributed by atoms with Crippen LogP contribution in [0.1, 0.15) is 103 Å². The van der Waals surface area contributed by atoms with Gasteiger partial charge >= 0.3 is 5.97 Å². The average molecular weight is 374 g/mol. The molecule has 150 valence electrons.